The lowest BCUT2D eigenvalue weighted by molar-refractivity contribution is 0.306. The molecule has 2 N–H and O–H groups in total. The summed E-state index contributed by atoms with van der Waals surface area (Å²) in [4.78, 5) is 8.84. The lowest BCUT2D eigenvalue weighted by atomic mass is 10.1. The Morgan fingerprint density at radius 2 is 1.80 bits per heavy atom. The van der Waals surface area contributed by atoms with Gasteiger partial charge in [0.05, 0.1) is 22.8 Å². The van der Waals surface area contributed by atoms with E-state index in [1.807, 2.05) is 72.8 Å². The predicted molar refractivity (Wildman–Crippen MR) is 161 cm³/mol. The first-order valence-electron chi connectivity index (χ1n) is 12.3. The minimum Gasteiger partial charge on any atom is -0.487 e. The van der Waals surface area contributed by atoms with Gasteiger partial charge in [0.1, 0.15) is 45.9 Å². The molecule has 5 rings (SSSR count). The van der Waals surface area contributed by atoms with Crippen molar-refractivity contribution < 1.29 is 17.6 Å². The molecule has 0 amide bonds. The maximum Gasteiger partial charge on any atom is 0.148 e. The van der Waals surface area contributed by atoms with Gasteiger partial charge in [0.15, 0.2) is 0 Å². The van der Waals surface area contributed by atoms with Crippen molar-refractivity contribution in [1.29, 1.82) is 0 Å². The van der Waals surface area contributed by atoms with Crippen molar-refractivity contribution in [2.45, 2.75) is 13.2 Å². The average Bonchev–Trinajstić information content (AvgIpc) is 3.40. The summed E-state index contributed by atoms with van der Waals surface area (Å²) < 4.78 is 34.5. The van der Waals surface area contributed by atoms with Gasteiger partial charge in [0.25, 0.3) is 0 Å². The van der Waals surface area contributed by atoms with Crippen molar-refractivity contribution in [3.8, 4) is 17.1 Å². The third kappa shape index (κ3) is 7.73. The molecule has 0 aliphatic heterocycles. The van der Waals surface area contributed by atoms with Gasteiger partial charge in [-0.3, -0.25) is 0 Å². The number of benzene rings is 3. The molecule has 5 aromatic rings. The lowest BCUT2D eigenvalue weighted by Crippen LogP contribution is -2.21. The summed E-state index contributed by atoms with van der Waals surface area (Å²) in [7, 11) is -3.01. The Hall–Kier alpha value is -3.63. The van der Waals surface area contributed by atoms with E-state index in [4.69, 9.17) is 20.8 Å². The second kappa shape index (κ2) is 13.1. The third-order valence-electron chi connectivity index (χ3n) is 5.96. The number of anilines is 2. The number of furan rings is 1. The van der Waals surface area contributed by atoms with E-state index in [0.29, 0.717) is 47.8 Å². The SMILES string of the molecule is CS(=O)(=O)CCNCc1ccc(-c2ccc3ncnc(Nc4ccc(OCc5ccccc5)c(Cl)c4)c3c2)o1.Cl. The second-order valence-electron chi connectivity index (χ2n) is 9.07. The molecular weight excluding hydrogens is 571 g/mol. The van der Waals surface area contributed by atoms with Crippen LogP contribution in [0, 0.1) is 0 Å². The van der Waals surface area contributed by atoms with Crippen molar-refractivity contribution in [2.24, 2.45) is 0 Å². The smallest absolute Gasteiger partial charge is 0.148 e. The quantitative estimate of drug-likeness (QED) is 0.168. The minimum absolute atomic E-state index is 0. The van der Waals surface area contributed by atoms with Crippen LogP contribution < -0.4 is 15.4 Å². The highest BCUT2D eigenvalue weighted by Gasteiger charge is 2.11. The molecule has 3 aromatic carbocycles. The fourth-order valence-electron chi connectivity index (χ4n) is 3.97. The zero-order chi connectivity index (χ0) is 27.2. The molecule has 8 nitrogen and oxygen atoms in total. The highest BCUT2D eigenvalue weighted by atomic mass is 35.5. The van der Waals surface area contributed by atoms with Crippen LogP contribution in [-0.4, -0.2) is 36.9 Å². The highest BCUT2D eigenvalue weighted by molar-refractivity contribution is 7.90. The van der Waals surface area contributed by atoms with E-state index in [1.165, 1.54) is 12.6 Å². The number of rotatable bonds is 11. The van der Waals surface area contributed by atoms with Gasteiger partial charge in [0.2, 0.25) is 0 Å². The molecule has 0 radical (unpaired) electrons. The Labute approximate surface area is 244 Å². The minimum atomic E-state index is -3.01. The van der Waals surface area contributed by atoms with E-state index in [0.717, 1.165) is 27.7 Å². The van der Waals surface area contributed by atoms with Crippen LogP contribution in [0.5, 0.6) is 5.75 Å². The first-order chi connectivity index (χ1) is 18.8. The second-order valence-corrected chi connectivity index (χ2v) is 11.7. The molecular formula is C29H28Cl2N4O4S. The van der Waals surface area contributed by atoms with Gasteiger partial charge >= 0.3 is 0 Å². The lowest BCUT2D eigenvalue weighted by Gasteiger charge is -2.12. The van der Waals surface area contributed by atoms with Crippen LogP contribution >= 0.6 is 24.0 Å². The van der Waals surface area contributed by atoms with Crippen molar-refractivity contribution in [3.63, 3.8) is 0 Å². The number of halogens is 2. The maximum absolute atomic E-state index is 11.3. The number of fused-ring (bicyclic) bond motifs is 1. The molecule has 0 unspecified atom stereocenters. The molecule has 2 aromatic heterocycles. The van der Waals surface area contributed by atoms with Gasteiger partial charge in [0, 0.05) is 29.4 Å². The molecule has 0 aliphatic rings. The third-order valence-corrected chi connectivity index (χ3v) is 7.20. The molecule has 0 atom stereocenters. The molecule has 208 valence electrons. The van der Waals surface area contributed by atoms with Crippen LogP contribution in [-0.2, 0) is 23.0 Å². The average molecular weight is 600 g/mol. The van der Waals surface area contributed by atoms with E-state index in [-0.39, 0.29) is 18.2 Å². The molecule has 40 heavy (non-hydrogen) atoms. The van der Waals surface area contributed by atoms with E-state index in [9.17, 15) is 8.42 Å². The van der Waals surface area contributed by atoms with Crippen molar-refractivity contribution in [3.05, 3.63) is 102 Å². The summed E-state index contributed by atoms with van der Waals surface area (Å²) in [6.45, 7) is 1.23. The van der Waals surface area contributed by atoms with E-state index < -0.39 is 9.84 Å². The Bertz CT molecular complexity index is 1700. The Kier molecular flexibility index (Phi) is 9.65. The van der Waals surface area contributed by atoms with Gasteiger partial charge in [-0.1, -0.05) is 41.9 Å². The summed E-state index contributed by atoms with van der Waals surface area (Å²) in [6, 6.07) is 25.0. The van der Waals surface area contributed by atoms with Gasteiger partial charge in [-0.15, -0.1) is 12.4 Å². The largest absolute Gasteiger partial charge is 0.487 e. The number of aromatic nitrogens is 2. The van der Waals surface area contributed by atoms with Crippen LogP contribution in [0.4, 0.5) is 11.5 Å². The summed E-state index contributed by atoms with van der Waals surface area (Å²) in [5.74, 6) is 2.71. The highest BCUT2D eigenvalue weighted by Crippen LogP contribution is 2.32. The fourth-order valence-corrected chi connectivity index (χ4v) is 4.72. The van der Waals surface area contributed by atoms with Gasteiger partial charge in [-0.2, -0.15) is 0 Å². The molecule has 2 heterocycles. The summed E-state index contributed by atoms with van der Waals surface area (Å²) in [5.41, 5.74) is 3.47. The Morgan fingerprint density at radius 1 is 0.975 bits per heavy atom. The van der Waals surface area contributed by atoms with Crippen LogP contribution in [0.1, 0.15) is 11.3 Å². The Morgan fingerprint density at radius 3 is 2.58 bits per heavy atom. The number of hydrogen-bond donors (Lipinski definition) is 2. The van der Waals surface area contributed by atoms with Crippen molar-refractivity contribution in [1.82, 2.24) is 15.3 Å². The summed E-state index contributed by atoms with van der Waals surface area (Å²) in [6.07, 6.45) is 2.73. The topological polar surface area (TPSA) is 106 Å². The Balaban J connectivity index is 0.00000370. The molecule has 0 spiro atoms. The first kappa shape index (κ1) is 29.4. The first-order valence-corrected chi connectivity index (χ1v) is 14.7. The standard InChI is InChI=1S/C29H27ClN4O4S.ClH/c1-39(35,36)14-13-31-17-23-9-12-27(38-23)21-7-10-26-24(15-21)29(33-19-32-26)34-22-8-11-28(25(30)16-22)37-18-20-5-3-2-4-6-20;/h2-12,15-16,19,31H,13-14,17-18H2,1H3,(H,32,33,34);1H. The molecule has 0 saturated carbocycles. The number of hydrogen-bond acceptors (Lipinski definition) is 8. The van der Waals surface area contributed by atoms with Crippen molar-refractivity contribution in [2.75, 3.05) is 23.9 Å². The van der Waals surface area contributed by atoms with Crippen LogP contribution in [0.25, 0.3) is 22.2 Å². The number of ether oxygens (including phenoxy) is 1. The molecule has 0 saturated heterocycles. The predicted octanol–water partition coefficient (Wildman–Crippen LogP) is 6.42. The van der Waals surface area contributed by atoms with Gasteiger partial charge in [-0.05, 0) is 54.1 Å². The number of nitrogens with one attached hydrogen (secondary N) is 2. The normalized spacial score (nSPS) is 11.2. The van der Waals surface area contributed by atoms with E-state index in [2.05, 4.69) is 20.6 Å². The van der Waals surface area contributed by atoms with E-state index in [1.54, 1.807) is 6.07 Å². The molecule has 0 aliphatic carbocycles. The van der Waals surface area contributed by atoms with Crippen LogP contribution in [0.2, 0.25) is 5.02 Å². The molecule has 0 fully saturated rings. The van der Waals surface area contributed by atoms with Gasteiger partial charge in [-0.25, -0.2) is 18.4 Å². The summed E-state index contributed by atoms with van der Waals surface area (Å²) >= 11 is 6.51. The zero-order valence-corrected chi connectivity index (χ0v) is 24.0. The molecule has 11 heteroatoms. The van der Waals surface area contributed by atoms with Crippen LogP contribution in [0.3, 0.4) is 0 Å². The van der Waals surface area contributed by atoms with Crippen LogP contribution in [0.15, 0.2) is 89.6 Å². The molecule has 0 bridgehead atoms. The summed E-state index contributed by atoms with van der Waals surface area (Å²) in [5, 5.41) is 7.74. The van der Waals surface area contributed by atoms with Crippen molar-refractivity contribution >= 4 is 56.3 Å². The zero-order valence-electron chi connectivity index (χ0n) is 21.6. The maximum atomic E-state index is 11.3. The number of sulfone groups is 1. The monoisotopic (exact) mass is 598 g/mol. The number of nitrogens with zero attached hydrogens (tertiary/aromatic N) is 2. The fraction of sp³-hybridized carbons (Fsp3) is 0.172. The van der Waals surface area contributed by atoms with Gasteiger partial charge < -0.3 is 19.8 Å². The van der Waals surface area contributed by atoms with E-state index >= 15 is 0 Å².